The Bertz CT molecular complexity index is 1080. The highest BCUT2D eigenvalue weighted by molar-refractivity contribution is 7.99. The molecule has 9 heteroatoms. The van der Waals surface area contributed by atoms with E-state index < -0.39 is 0 Å². The quantitative estimate of drug-likeness (QED) is 0.478. The molecule has 0 aliphatic carbocycles. The number of carbonyl (C=O) groups is 1. The highest BCUT2D eigenvalue weighted by Gasteiger charge is 2.08. The molecule has 1 amide bonds. The molecule has 0 radical (unpaired) electrons. The number of amides is 1. The van der Waals surface area contributed by atoms with Crippen molar-refractivity contribution in [2.45, 2.75) is 16.7 Å². The summed E-state index contributed by atoms with van der Waals surface area (Å²) in [5.74, 6) is 0.518. The number of ether oxygens (including phenoxy) is 1. The summed E-state index contributed by atoms with van der Waals surface area (Å²) in [6.07, 6.45) is 1.66. The second-order valence-corrected chi connectivity index (χ2v) is 7.86. The molecule has 0 saturated heterocycles. The van der Waals surface area contributed by atoms with Gasteiger partial charge in [0.1, 0.15) is 18.7 Å². The summed E-state index contributed by atoms with van der Waals surface area (Å²) in [4.78, 5) is 17.7. The number of hydrogen-bond acceptors (Lipinski definition) is 7. The molecule has 4 aromatic rings. The Labute approximate surface area is 175 Å². The fourth-order valence-electron chi connectivity index (χ4n) is 2.45. The van der Waals surface area contributed by atoms with Crippen LogP contribution in [-0.4, -0.2) is 25.7 Å². The van der Waals surface area contributed by atoms with Gasteiger partial charge in [-0.1, -0.05) is 0 Å². The van der Waals surface area contributed by atoms with Crippen molar-refractivity contribution < 1.29 is 9.53 Å². The van der Waals surface area contributed by atoms with Gasteiger partial charge in [-0.3, -0.25) is 4.79 Å². The standard InChI is InChI=1S/C20H17N5O2S2/c1-25-12-22-24-20(25)29-18-8-4-15(5-9-18)23-19(26)14-2-6-17(7-3-14)27-10-16-11-28-13-21-16/h2-9,11-13H,10H2,1H3,(H,23,26). The Balaban J connectivity index is 1.33. The van der Waals surface area contributed by atoms with E-state index in [0.717, 1.165) is 21.4 Å². The van der Waals surface area contributed by atoms with Crippen LogP contribution in [0.5, 0.6) is 5.75 Å². The van der Waals surface area contributed by atoms with E-state index in [1.165, 1.54) is 23.1 Å². The summed E-state index contributed by atoms with van der Waals surface area (Å²) >= 11 is 3.04. The third kappa shape index (κ3) is 5.01. The zero-order chi connectivity index (χ0) is 20.1. The van der Waals surface area contributed by atoms with E-state index >= 15 is 0 Å². The average molecular weight is 424 g/mol. The minimum absolute atomic E-state index is 0.176. The molecule has 0 spiro atoms. The van der Waals surface area contributed by atoms with E-state index in [1.54, 1.807) is 36.1 Å². The van der Waals surface area contributed by atoms with Gasteiger partial charge in [0, 0.05) is 28.6 Å². The van der Waals surface area contributed by atoms with E-state index in [2.05, 4.69) is 20.5 Å². The normalized spacial score (nSPS) is 10.7. The molecule has 0 atom stereocenters. The molecule has 0 aliphatic rings. The van der Waals surface area contributed by atoms with Gasteiger partial charge in [-0.25, -0.2) is 4.98 Å². The van der Waals surface area contributed by atoms with Crippen molar-refractivity contribution in [3.05, 3.63) is 77.0 Å². The lowest BCUT2D eigenvalue weighted by molar-refractivity contribution is 0.102. The zero-order valence-corrected chi connectivity index (χ0v) is 17.1. The largest absolute Gasteiger partial charge is 0.487 e. The van der Waals surface area contributed by atoms with Crippen LogP contribution in [0.1, 0.15) is 16.1 Å². The van der Waals surface area contributed by atoms with Crippen LogP contribution in [0.15, 0.2) is 75.8 Å². The minimum atomic E-state index is -0.176. The SMILES string of the molecule is Cn1cnnc1Sc1ccc(NC(=O)c2ccc(OCc3cscn3)cc2)cc1. The summed E-state index contributed by atoms with van der Waals surface area (Å²) < 4.78 is 7.52. The molecule has 2 aromatic heterocycles. The molecule has 1 N–H and O–H groups in total. The lowest BCUT2D eigenvalue weighted by atomic mass is 10.2. The van der Waals surface area contributed by atoms with Gasteiger partial charge in [0.2, 0.25) is 0 Å². The smallest absolute Gasteiger partial charge is 0.255 e. The van der Waals surface area contributed by atoms with Gasteiger partial charge in [0.05, 0.1) is 11.2 Å². The first kappa shape index (κ1) is 19.2. The molecule has 2 heterocycles. The van der Waals surface area contributed by atoms with Crippen LogP contribution < -0.4 is 10.1 Å². The van der Waals surface area contributed by atoms with E-state index in [0.29, 0.717) is 17.9 Å². The maximum atomic E-state index is 12.5. The van der Waals surface area contributed by atoms with Crippen molar-refractivity contribution in [1.82, 2.24) is 19.7 Å². The van der Waals surface area contributed by atoms with Crippen molar-refractivity contribution >= 4 is 34.7 Å². The number of nitrogens with one attached hydrogen (secondary N) is 1. The molecule has 2 aromatic carbocycles. The van der Waals surface area contributed by atoms with Gasteiger partial charge < -0.3 is 14.6 Å². The van der Waals surface area contributed by atoms with Crippen molar-refractivity contribution in [2.75, 3.05) is 5.32 Å². The van der Waals surface area contributed by atoms with Crippen LogP contribution in [-0.2, 0) is 13.7 Å². The third-order valence-corrected chi connectivity index (χ3v) is 5.67. The molecule has 0 unspecified atom stereocenters. The number of rotatable bonds is 7. The Morgan fingerprint density at radius 2 is 1.97 bits per heavy atom. The second kappa shape index (κ2) is 8.89. The number of hydrogen-bond donors (Lipinski definition) is 1. The van der Waals surface area contributed by atoms with Crippen LogP contribution >= 0.6 is 23.1 Å². The van der Waals surface area contributed by atoms with Crippen LogP contribution in [0.3, 0.4) is 0 Å². The Kier molecular flexibility index (Phi) is 5.87. The van der Waals surface area contributed by atoms with Crippen LogP contribution in [0.25, 0.3) is 0 Å². The van der Waals surface area contributed by atoms with Crippen LogP contribution in [0, 0.1) is 0 Å². The maximum Gasteiger partial charge on any atom is 0.255 e. The number of nitrogens with zero attached hydrogens (tertiary/aromatic N) is 4. The van der Waals surface area contributed by atoms with Gasteiger partial charge >= 0.3 is 0 Å². The van der Waals surface area contributed by atoms with E-state index in [-0.39, 0.29) is 5.91 Å². The summed E-state index contributed by atoms with van der Waals surface area (Å²) in [5, 5.41) is 13.6. The first-order valence-electron chi connectivity index (χ1n) is 8.70. The van der Waals surface area contributed by atoms with E-state index in [9.17, 15) is 4.79 Å². The van der Waals surface area contributed by atoms with Crippen LogP contribution in [0.4, 0.5) is 5.69 Å². The molecule has 29 heavy (non-hydrogen) atoms. The first-order chi connectivity index (χ1) is 14.2. The van der Waals surface area contributed by atoms with Crippen molar-refractivity contribution in [2.24, 2.45) is 7.05 Å². The van der Waals surface area contributed by atoms with E-state index in [4.69, 9.17) is 4.74 Å². The molecule has 7 nitrogen and oxygen atoms in total. The zero-order valence-electron chi connectivity index (χ0n) is 15.5. The summed E-state index contributed by atoms with van der Waals surface area (Å²) in [7, 11) is 1.90. The van der Waals surface area contributed by atoms with E-state index in [1.807, 2.05) is 41.3 Å². The number of carbonyl (C=O) groups excluding carboxylic acids is 1. The molecule has 0 bridgehead atoms. The number of benzene rings is 2. The number of thiazole rings is 1. The Morgan fingerprint density at radius 1 is 1.17 bits per heavy atom. The van der Waals surface area contributed by atoms with Crippen molar-refractivity contribution in [3.8, 4) is 5.75 Å². The number of aryl methyl sites for hydroxylation is 1. The third-order valence-electron chi connectivity index (χ3n) is 3.98. The molecule has 0 aliphatic heterocycles. The van der Waals surface area contributed by atoms with Crippen molar-refractivity contribution in [3.63, 3.8) is 0 Å². The van der Waals surface area contributed by atoms with Gasteiger partial charge in [-0.05, 0) is 60.3 Å². The second-order valence-electron chi connectivity index (χ2n) is 6.10. The predicted molar refractivity (Wildman–Crippen MR) is 112 cm³/mol. The number of anilines is 1. The summed E-state index contributed by atoms with van der Waals surface area (Å²) in [5.41, 5.74) is 3.94. The van der Waals surface area contributed by atoms with Gasteiger partial charge in [0.25, 0.3) is 5.91 Å². The highest BCUT2D eigenvalue weighted by atomic mass is 32.2. The molecular weight excluding hydrogens is 406 g/mol. The first-order valence-corrected chi connectivity index (χ1v) is 10.5. The summed E-state index contributed by atoms with van der Waals surface area (Å²) in [6.45, 7) is 0.410. The Hall–Kier alpha value is -3.17. The summed E-state index contributed by atoms with van der Waals surface area (Å²) in [6, 6.07) is 14.6. The maximum absolute atomic E-state index is 12.5. The monoisotopic (exact) mass is 423 g/mol. The fraction of sp³-hybridized carbons (Fsp3) is 0.100. The predicted octanol–water partition coefficient (Wildman–Crippen LogP) is 4.25. The average Bonchev–Trinajstić information content (AvgIpc) is 3.40. The lowest BCUT2D eigenvalue weighted by Gasteiger charge is -2.08. The molecular formula is C20H17N5O2S2. The number of aromatic nitrogens is 4. The molecule has 0 saturated carbocycles. The van der Waals surface area contributed by atoms with Gasteiger partial charge in [-0.2, -0.15) is 0 Å². The molecule has 4 rings (SSSR count). The fourth-order valence-corrected chi connectivity index (χ4v) is 3.75. The molecule has 146 valence electrons. The van der Waals surface area contributed by atoms with Crippen LogP contribution in [0.2, 0.25) is 0 Å². The Morgan fingerprint density at radius 3 is 2.62 bits per heavy atom. The van der Waals surface area contributed by atoms with Gasteiger partial charge in [-0.15, -0.1) is 21.5 Å². The van der Waals surface area contributed by atoms with Crippen molar-refractivity contribution in [1.29, 1.82) is 0 Å². The minimum Gasteiger partial charge on any atom is -0.487 e. The topological polar surface area (TPSA) is 81.9 Å². The lowest BCUT2D eigenvalue weighted by Crippen LogP contribution is -2.11. The van der Waals surface area contributed by atoms with Gasteiger partial charge in [0.15, 0.2) is 5.16 Å². The molecule has 0 fully saturated rings. The highest BCUT2D eigenvalue weighted by Crippen LogP contribution is 2.26.